The second-order valence-electron chi connectivity index (χ2n) is 12.7. The van der Waals surface area contributed by atoms with Crippen LogP contribution in [0.1, 0.15) is 66.5 Å². The third kappa shape index (κ3) is 9.44. The van der Waals surface area contributed by atoms with Crippen LogP contribution in [0.5, 0.6) is 0 Å². The van der Waals surface area contributed by atoms with Gasteiger partial charge < -0.3 is 20.7 Å². The molecule has 1 aliphatic rings. The Bertz CT molecular complexity index is 1800. The van der Waals surface area contributed by atoms with Gasteiger partial charge in [0.2, 0.25) is 5.91 Å². The van der Waals surface area contributed by atoms with E-state index in [0.29, 0.717) is 17.9 Å². The highest BCUT2D eigenvalue weighted by Gasteiger charge is 2.36. The summed E-state index contributed by atoms with van der Waals surface area (Å²) in [5.41, 5.74) is 3.99. The van der Waals surface area contributed by atoms with Gasteiger partial charge in [-0.25, -0.2) is 9.78 Å². The Kier molecular flexibility index (Phi) is 13.2. The van der Waals surface area contributed by atoms with Crippen molar-refractivity contribution in [3.05, 3.63) is 161 Å². The lowest BCUT2D eigenvalue weighted by molar-refractivity contribution is -0.153. The molecule has 1 aliphatic heterocycles. The Morgan fingerprint density at radius 3 is 1.98 bits per heavy atom. The third-order valence-corrected chi connectivity index (χ3v) is 10.2. The lowest BCUT2D eigenvalue weighted by atomic mass is 9.84. The van der Waals surface area contributed by atoms with Crippen molar-refractivity contribution in [2.75, 3.05) is 5.75 Å². The van der Waals surface area contributed by atoms with Crippen molar-refractivity contribution in [2.45, 2.75) is 57.1 Å². The number of benzene rings is 3. The van der Waals surface area contributed by atoms with Crippen LogP contribution in [-0.4, -0.2) is 46.6 Å². The first-order valence-electron chi connectivity index (χ1n) is 17.4. The van der Waals surface area contributed by atoms with E-state index in [2.05, 4.69) is 93.7 Å². The number of hydrogen-bond acceptors (Lipinski definition) is 7. The van der Waals surface area contributed by atoms with E-state index in [4.69, 9.17) is 4.74 Å². The van der Waals surface area contributed by atoms with E-state index in [9.17, 15) is 19.2 Å². The average Bonchev–Trinajstić information content (AvgIpc) is 3.17. The molecule has 0 fully saturated rings. The van der Waals surface area contributed by atoms with Crippen LogP contribution in [0.3, 0.4) is 0 Å². The molecule has 2 atom stereocenters. The number of esters is 1. The fourth-order valence-corrected chi connectivity index (χ4v) is 7.45. The van der Waals surface area contributed by atoms with E-state index >= 15 is 0 Å². The SMILES string of the molecule is C/C=C1\NC(=O)c2cccc(n2)CNC(=O)C[C@@H](/C=C/CCSC(c2ccccc2)(c2ccccc2)c2ccccc2)OC(=O)[C@H](C(C)C)NC1=O. The van der Waals surface area contributed by atoms with Crippen molar-refractivity contribution in [1.29, 1.82) is 0 Å². The number of pyridine rings is 1. The van der Waals surface area contributed by atoms with E-state index in [1.54, 1.807) is 39.0 Å². The Morgan fingerprint density at radius 1 is 0.827 bits per heavy atom. The molecule has 9 nitrogen and oxygen atoms in total. The summed E-state index contributed by atoms with van der Waals surface area (Å²) in [4.78, 5) is 57.2. The van der Waals surface area contributed by atoms with Gasteiger partial charge in [-0.15, -0.1) is 11.8 Å². The first kappa shape index (κ1) is 37.8. The van der Waals surface area contributed by atoms with E-state index in [-0.39, 0.29) is 36.2 Å². The van der Waals surface area contributed by atoms with E-state index in [1.165, 1.54) is 12.1 Å². The molecule has 3 aromatic carbocycles. The number of hydrogen-bond donors (Lipinski definition) is 3. The maximum Gasteiger partial charge on any atom is 0.329 e. The van der Waals surface area contributed by atoms with Crippen molar-refractivity contribution in [2.24, 2.45) is 5.92 Å². The van der Waals surface area contributed by atoms with Gasteiger partial charge in [-0.2, -0.15) is 0 Å². The van der Waals surface area contributed by atoms with Crippen LogP contribution in [0.25, 0.3) is 0 Å². The molecule has 0 radical (unpaired) electrons. The Labute approximate surface area is 309 Å². The van der Waals surface area contributed by atoms with Gasteiger partial charge in [0.05, 0.1) is 23.4 Å². The van der Waals surface area contributed by atoms with Crippen LogP contribution >= 0.6 is 11.8 Å². The molecule has 268 valence electrons. The number of thioether (sulfide) groups is 1. The van der Waals surface area contributed by atoms with Crippen LogP contribution in [0.2, 0.25) is 0 Å². The molecule has 10 heteroatoms. The Hall–Kier alpha value is -5.48. The smallest absolute Gasteiger partial charge is 0.329 e. The molecule has 4 aromatic rings. The van der Waals surface area contributed by atoms with Gasteiger partial charge >= 0.3 is 5.97 Å². The second kappa shape index (κ2) is 18.1. The Balaban J connectivity index is 1.39. The highest BCUT2D eigenvalue weighted by atomic mass is 32.2. The highest BCUT2D eigenvalue weighted by Crippen LogP contribution is 2.48. The minimum atomic E-state index is -1.04. The predicted molar refractivity (Wildman–Crippen MR) is 204 cm³/mol. The van der Waals surface area contributed by atoms with Gasteiger partial charge in [-0.3, -0.25) is 14.4 Å². The van der Waals surface area contributed by atoms with E-state index in [0.717, 1.165) is 16.7 Å². The summed E-state index contributed by atoms with van der Waals surface area (Å²) in [7, 11) is 0. The van der Waals surface area contributed by atoms with Crippen molar-refractivity contribution in [3.8, 4) is 0 Å². The fourth-order valence-electron chi connectivity index (χ4n) is 5.98. The molecule has 1 aromatic heterocycles. The number of aromatic nitrogens is 1. The molecular weight excluding hydrogens is 673 g/mol. The van der Waals surface area contributed by atoms with E-state index in [1.807, 2.05) is 36.0 Å². The summed E-state index contributed by atoms with van der Waals surface area (Å²) in [5.74, 6) is -1.92. The van der Waals surface area contributed by atoms with Gasteiger partial charge in [0.15, 0.2) is 0 Å². The lowest BCUT2D eigenvalue weighted by Crippen LogP contribution is -2.48. The topological polar surface area (TPSA) is 126 Å². The molecule has 2 bridgehead atoms. The molecule has 0 unspecified atom stereocenters. The second-order valence-corrected chi connectivity index (χ2v) is 14.0. The molecule has 0 aliphatic carbocycles. The first-order valence-corrected chi connectivity index (χ1v) is 18.4. The van der Waals surface area contributed by atoms with Crippen molar-refractivity contribution in [1.82, 2.24) is 20.9 Å². The Morgan fingerprint density at radius 2 is 1.42 bits per heavy atom. The molecule has 5 rings (SSSR count). The number of nitrogens with one attached hydrogen (secondary N) is 3. The quantitative estimate of drug-likeness (QED) is 0.0597. The fraction of sp³-hybridized carbons (Fsp3) is 0.262. The third-order valence-electron chi connectivity index (χ3n) is 8.64. The van der Waals surface area contributed by atoms with Crippen LogP contribution in [0.15, 0.2) is 133 Å². The van der Waals surface area contributed by atoms with Gasteiger partial charge in [-0.1, -0.05) is 123 Å². The number of allylic oxidation sites excluding steroid dienone is 2. The molecule has 2 heterocycles. The summed E-state index contributed by atoms with van der Waals surface area (Å²) in [6.45, 7) is 5.23. The van der Waals surface area contributed by atoms with Crippen LogP contribution in [0, 0.1) is 5.92 Å². The summed E-state index contributed by atoms with van der Waals surface area (Å²) in [5, 5.41) is 8.10. The maximum absolute atomic E-state index is 13.6. The molecule has 3 N–H and O–H groups in total. The first-order chi connectivity index (χ1) is 25.2. The summed E-state index contributed by atoms with van der Waals surface area (Å²) < 4.78 is 5.42. The zero-order valence-corrected chi connectivity index (χ0v) is 30.4. The number of ether oxygens (including phenoxy) is 1. The number of carbonyl (C=O) groups excluding carboxylic acids is 4. The highest BCUT2D eigenvalue weighted by molar-refractivity contribution is 8.00. The summed E-state index contributed by atoms with van der Waals surface area (Å²) in [6, 6.07) is 35.2. The van der Waals surface area contributed by atoms with Crippen molar-refractivity contribution < 1.29 is 23.9 Å². The summed E-state index contributed by atoms with van der Waals surface area (Å²) >= 11 is 1.81. The van der Waals surface area contributed by atoms with Crippen molar-refractivity contribution >= 4 is 35.5 Å². The molecule has 52 heavy (non-hydrogen) atoms. The molecule has 0 saturated heterocycles. The van der Waals surface area contributed by atoms with Gasteiger partial charge in [-0.05, 0) is 59.9 Å². The number of nitrogens with zero attached hydrogens (tertiary/aromatic N) is 1. The number of fused-ring (bicyclic) bond motifs is 2. The van der Waals surface area contributed by atoms with Gasteiger partial charge in [0.1, 0.15) is 23.5 Å². The molecule has 3 amide bonds. The zero-order chi connectivity index (χ0) is 36.9. The average molecular weight is 717 g/mol. The minimum absolute atomic E-state index is 0.0254. The minimum Gasteiger partial charge on any atom is -0.456 e. The molecule has 0 saturated carbocycles. The lowest BCUT2D eigenvalue weighted by Gasteiger charge is -2.35. The predicted octanol–water partition coefficient (Wildman–Crippen LogP) is 6.46. The van der Waals surface area contributed by atoms with Crippen LogP contribution < -0.4 is 16.0 Å². The monoisotopic (exact) mass is 716 g/mol. The molecular formula is C42H44N4O5S. The van der Waals surface area contributed by atoms with Crippen molar-refractivity contribution in [3.63, 3.8) is 0 Å². The standard InChI is InChI=1S/C42H44N4O5S/c1-4-35-39(48)46-38(29(2)3)41(50)51-34(27-37(47)43-28-33-23-16-25-36(44-33)40(49)45-35)24-14-15-26-52-42(30-17-8-5-9-18-30,31-19-10-6-11-20-31)32-21-12-7-13-22-32/h4-14,16-25,29,34,38H,15,26-28H2,1-3H3,(H,43,47)(H,45,49)(H,46,48)/b24-14+,35-4-/t34-,38+/m1/s1. The number of rotatable bonds is 9. The number of cyclic esters (lactones) is 1. The largest absolute Gasteiger partial charge is 0.456 e. The van der Waals surface area contributed by atoms with Gasteiger partial charge in [0, 0.05) is 0 Å². The van der Waals surface area contributed by atoms with E-state index < -0.39 is 34.7 Å². The summed E-state index contributed by atoms with van der Waals surface area (Å²) in [6.07, 6.45) is 4.71. The zero-order valence-electron chi connectivity index (χ0n) is 29.6. The molecule has 0 spiro atoms. The van der Waals surface area contributed by atoms with Crippen LogP contribution in [-0.2, 0) is 30.4 Å². The maximum atomic E-state index is 13.6. The number of carbonyl (C=O) groups is 4. The van der Waals surface area contributed by atoms with Crippen LogP contribution in [0.4, 0.5) is 0 Å². The normalized spacial score (nSPS) is 18.5. The number of amides is 3. The van der Waals surface area contributed by atoms with Gasteiger partial charge in [0.25, 0.3) is 11.8 Å².